The number of methoxy groups -OCH3 is 1. The van der Waals surface area contributed by atoms with E-state index < -0.39 is 4.92 Å². The van der Waals surface area contributed by atoms with Crippen LogP contribution in [0.2, 0.25) is 0 Å². The first kappa shape index (κ1) is 12.8. The zero-order valence-corrected chi connectivity index (χ0v) is 11.0. The molecule has 0 saturated heterocycles. The molecule has 8 heteroatoms. The average molecular weight is 278 g/mol. The van der Waals surface area contributed by atoms with E-state index in [1.165, 1.54) is 6.07 Å². The maximum Gasteiger partial charge on any atom is 0.300 e. The lowest BCUT2D eigenvalue weighted by molar-refractivity contribution is -0.383. The molecule has 1 N–H and O–H groups in total. The maximum atomic E-state index is 10.9. The summed E-state index contributed by atoms with van der Waals surface area (Å²) in [6.45, 7) is 0.628. The van der Waals surface area contributed by atoms with E-state index in [0.717, 1.165) is 19.3 Å². The summed E-state index contributed by atoms with van der Waals surface area (Å²) in [5.74, 6) is 0. The number of anilines is 1. The highest BCUT2D eigenvalue weighted by Gasteiger charge is 2.37. The van der Waals surface area contributed by atoms with Crippen molar-refractivity contribution in [2.45, 2.75) is 24.9 Å². The Morgan fingerprint density at radius 1 is 1.45 bits per heavy atom. The molecule has 20 heavy (non-hydrogen) atoms. The van der Waals surface area contributed by atoms with Crippen molar-refractivity contribution in [3.05, 3.63) is 22.2 Å². The van der Waals surface area contributed by atoms with Gasteiger partial charge in [0.2, 0.25) is 5.52 Å². The number of hydrogen-bond acceptors (Lipinski definition) is 7. The standard InChI is InChI=1S/C12H14N4O4/c1-19-12(5-2-6-12)7-13-8-3-4-9(16(17)18)11-10(8)14-20-15-11/h3-4,13H,2,5-7H2,1H3. The van der Waals surface area contributed by atoms with Gasteiger partial charge >= 0.3 is 5.69 Å². The van der Waals surface area contributed by atoms with Gasteiger partial charge in [0, 0.05) is 19.7 Å². The predicted molar refractivity (Wildman–Crippen MR) is 70.5 cm³/mol. The molecule has 0 bridgehead atoms. The van der Waals surface area contributed by atoms with Crippen LogP contribution in [-0.4, -0.2) is 34.5 Å². The van der Waals surface area contributed by atoms with E-state index in [1.54, 1.807) is 13.2 Å². The first-order valence-electron chi connectivity index (χ1n) is 6.34. The van der Waals surface area contributed by atoms with Crippen molar-refractivity contribution in [3.63, 3.8) is 0 Å². The lowest BCUT2D eigenvalue weighted by Gasteiger charge is -2.40. The fourth-order valence-electron chi connectivity index (χ4n) is 2.42. The van der Waals surface area contributed by atoms with E-state index in [4.69, 9.17) is 4.74 Å². The first-order valence-corrected chi connectivity index (χ1v) is 6.34. The average Bonchev–Trinajstić information content (AvgIpc) is 2.86. The number of aromatic nitrogens is 2. The van der Waals surface area contributed by atoms with Gasteiger partial charge in [-0.05, 0) is 35.6 Å². The number of nitrogens with one attached hydrogen (secondary N) is 1. The van der Waals surface area contributed by atoms with Crippen molar-refractivity contribution < 1.29 is 14.3 Å². The number of ether oxygens (including phenoxy) is 1. The molecule has 1 fully saturated rings. The molecule has 3 rings (SSSR count). The monoisotopic (exact) mass is 278 g/mol. The summed E-state index contributed by atoms with van der Waals surface area (Å²) in [6, 6.07) is 3.02. The predicted octanol–water partition coefficient (Wildman–Crippen LogP) is 2.11. The number of nitro benzene ring substituents is 1. The first-order chi connectivity index (χ1) is 9.65. The van der Waals surface area contributed by atoms with Crippen LogP contribution in [0, 0.1) is 10.1 Å². The molecule has 1 aliphatic rings. The Kier molecular flexibility index (Phi) is 3.01. The Bertz CT molecular complexity index is 644. The molecular formula is C12H14N4O4. The summed E-state index contributed by atoms with van der Waals surface area (Å²) in [5.41, 5.74) is 0.919. The number of benzene rings is 1. The van der Waals surface area contributed by atoms with Crippen LogP contribution in [0.1, 0.15) is 19.3 Å². The van der Waals surface area contributed by atoms with Crippen LogP contribution in [0.5, 0.6) is 0 Å². The molecule has 0 atom stereocenters. The lowest BCUT2D eigenvalue weighted by Crippen LogP contribution is -2.45. The molecule has 2 aromatic rings. The third kappa shape index (κ3) is 1.97. The van der Waals surface area contributed by atoms with Crippen molar-refractivity contribution in [1.29, 1.82) is 0 Å². The van der Waals surface area contributed by atoms with Gasteiger partial charge in [-0.1, -0.05) is 0 Å². The molecule has 8 nitrogen and oxygen atoms in total. The molecule has 1 heterocycles. The minimum Gasteiger partial charge on any atom is -0.380 e. The Morgan fingerprint density at radius 2 is 2.20 bits per heavy atom. The van der Waals surface area contributed by atoms with E-state index in [1.807, 2.05) is 0 Å². The topological polar surface area (TPSA) is 103 Å². The van der Waals surface area contributed by atoms with Crippen LogP contribution >= 0.6 is 0 Å². The largest absolute Gasteiger partial charge is 0.380 e. The molecule has 106 valence electrons. The zero-order valence-electron chi connectivity index (χ0n) is 11.0. The Hall–Kier alpha value is -2.22. The van der Waals surface area contributed by atoms with Gasteiger partial charge in [0.1, 0.15) is 0 Å². The normalized spacial score (nSPS) is 16.9. The molecule has 0 aliphatic heterocycles. The number of hydrogen-bond donors (Lipinski definition) is 1. The van der Waals surface area contributed by atoms with Gasteiger partial charge in [-0.2, -0.15) is 0 Å². The molecule has 1 aromatic heterocycles. The SMILES string of the molecule is COC1(CNc2ccc([N+](=O)[O-])c3nonc23)CCC1. The summed E-state index contributed by atoms with van der Waals surface area (Å²) in [6.07, 6.45) is 3.16. The molecule has 0 unspecified atom stereocenters. The molecule has 0 amide bonds. The summed E-state index contributed by atoms with van der Waals surface area (Å²) in [4.78, 5) is 10.4. The molecular weight excluding hydrogens is 264 g/mol. The van der Waals surface area contributed by atoms with Crippen LogP contribution in [0.25, 0.3) is 11.0 Å². The van der Waals surface area contributed by atoms with Crippen molar-refractivity contribution in [1.82, 2.24) is 10.3 Å². The van der Waals surface area contributed by atoms with Gasteiger partial charge in [-0.25, -0.2) is 4.63 Å². The Morgan fingerprint density at radius 3 is 2.80 bits per heavy atom. The third-order valence-electron chi connectivity index (χ3n) is 3.89. The molecule has 0 radical (unpaired) electrons. The van der Waals surface area contributed by atoms with Gasteiger partial charge in [-0.15, -0.1) is 0 Å². The van der Waals surface area contributed by atoms with Crippen molar-refractivity contribution in [2.24, 2.45) is 0 Å². The minimum absolute atomic E-state index is 0.114. The van der Waals surface area contributed by atoms with Crippen LogP contribution in [0.4, 0.5) is 11.4 Å². The second kappa shape index (κ2) is 4.71. The van der Waals surface area contributed by atoms with Gasteiger partial charge in [0.05, 0.1) is 16.2 Å². The minimum atomic E-state index is -0.501. The number of rotatable bonds is 5. The fourth-order valence-corrected chi connectivity index (χ4v) is 2.42. The van der Waals surface area contributed by atoms with Gasteiger partial charge in [0.25, 0.3) is 0 Å². The highest BCUT2D eigenvalue weighted by molar-refractivity contribution is 5.93. The van der Waals surface area contributed by atoms with Crippen LogP contribution in [-0.2, 0) is 4.74 Å². The highest BCUT2D eigenvalue weighted by Crippen LogP contribution is 2.36. The molecule has 1 saturated carbocycles. The van der Waals surface area contributed by atoms with E-state index in [9.17, 15) is 10.1 Å². The van der Waals surface area contributed by atoms with Gasteiger partial charge in [0.15, 0.2) is 5.52 Å². The summed E-state index contributed by atoms with van der Waals surface area (Å²) in [7, 11) is 1.70. The Balaban J connectivity index is 1.87. The van der Waals surface area contributed by atoms with Crippen LogP contribution in [0.15, 0.2) is 16.8 Å². The Labute approximate surface area is 114 Å². The van der Waals surface area contributed by atoms with Gasteiger partial charge < -0.3 is 10.1 Å². The number of nitro groups is 1. The zero-order chi connectivity index (χ0) is 14.2. The molecule has 1 aliphatic carbocycles. The smallest absolute Gasteiger partial charge is 0.300 e. The van der Waals surface area contributed by atoms with Crippen molar-refractivity contribution in [3.8, 4) is 0 Å². The summed E-state index contributed by atoms with van der Waals surface area (Å²) < 4.78 is 10.1. The van der Waals surface area contributed by atoms with Crippen LogP contribution < -0.4 is 5.32 Å². The van der Waals surface area contributed by atoms with Gasteiger partial charge in [-0.3, -0.25) is 10.1 Å². The number of fused-ring (bicyclic) bond motifs is 1. The number of non-ortho nitro benzene ring substituents is 1. The lowest BCUT2D eigenvalue weighted by atomic mass is 9.80. The van der Waals surface area contributed by atoms with E-state index >= 15 is 0 Å². The summed E-state index contributed by atoms with van der Waals surface area (Å²) in [5, 5.41) is 21.5. The van der Waals surface area contributed by atoms with E-state index in [0.29, 0.717) is 17.7 Å². The summed E-state index contributed by atoms with van der Waals surface area (Å²) >= 11 is 0. The second-order valence-corrected chi connectivity index (χ2v) is 4.95. The maximum absolute atomic E-state index is 10.9. The van der Waals surface area contributed by atoms with Crippen LogP contribution in [0.3, 0.4) is 0 Å². The second-order valence-electron chi connectivity index (χ2n) is 4.95. The number of nitrogens with zero attached hydrogens (tertiary/aromatic N) is 3. The molecule has 1 aromatic carbocycles. The van der Waals surface area contributed by atoms with Crippen molar-refractivity contribution >= 4 is 22.4 Å². The molecule has 0 spiro atoms. The fraction of sp³-hybridized carbons (Fsp3) is 0.500. The van der Waals surface area contributed by atoms with E-state index in [-0.39, 0.29) is 16.8 Å². The van der Waals surface area contributed by atoms with Crippen molar-refractivity contribution in [2.75, 3.05) is 19.0 Å². The van der Waals surface area contributed by atoms with E-state index in [2.05, 4.69) is 20.3 Å². The highest BCUT2D eigenvalue weighted by atomic mass is 16.6. The third-order valence-corrected chi connectivity index (χ3v) is 3.89. The quantitative estimate of drug-likeness (QED) is 0.659.